The van der Waals surface area contributed by atoms with Crippen LogP contribution in [0, 0.1) is 0 Å². The van der Waals surface area contributed by atoms with Gasteiger partial charge >= 0.3 is 0 Å². The summed E-state index contributed by atoms with van der Waals surface area (Å²) in [5.74, 6) is 0. The Labute approximate surface area is 121 Å². The standard InChI is InChI=1S/C14H18N4O3/c1-8-6-21-9(5-19)4-18(8)13-3-12-10(2-11(13)15)14(20)17-7-16-12/h2-3,7-9,19H,4-6,15H2,1H3,(H,16,17,20). The lowest BCUT2D eigenvalue weighted by atomic mass is 10.1. The molecular formula is C14H18N4O3. The van der Waals surface area contributed by atoms with Gasteiger partial charge in [-0.3, -0.25) is 4.79 Å². The average Bonchev–Trinajstić information content (AvgIpc) is 2.48. The number of fused-ring (bicyclic) bond motifs is 1. The highest BCUT2D eigenvalue weighted by atomic mass is 16.5. The molecule has 1 fully saturated rings. The number of aliphatic hydroxyl groups excluding tert-OH is 1. The second-order valence-corrected chi connectivity index (χ2v) is 5.30. The minimum atomic E-state index is -0.233. The summed E-state index contributed by atoms with van der Waals surface area (Å²) in [6.07, 6.45) is 1.15. The van der Waals surface area contributed by atoms with Crippen molar-refractivity contribution in [1.82, 2.24) is 9.97 Å². The van der Waals surface area contributed by atoms with E-state index >= 15 is 0 Å². The molecule has 0 saturated carbocycles. The summed E-state index contributed by atoms with van der Waals surface area (Å²) >= 11 is 0. The Balaban J connectivity index is 2.07. The first-order valence-corrected chi connectivity index (χ1v) is 6.86. The third-order valence-electron chi connectivity index (χ3n) is 3.81. The van der Waals surface area contributed by atoms with E-state index in [2.05, 4.69) is 14.9 Å². The fourth-order valence-electron chi connectivity index (χ4n) is 2.63. The largest absolute Gasteiger partial charge is 0.397 e. The lowest BCUT2D eigenvalue weighted by Crippen LogP contribution is -2.49. The molecule has 2 heterocycles. The number of hydrogen-bond donors (Lipinski definition) is 3. The molecular weight excluding hydrogens is 272 g/mol. The van der Waals surface area contributed by atoms with E-state index < -0.39 is 0 Å². The fourth-order valence-corrected chi connectivity index (χ4v) is 2.63. The molecule has 7 heteroatoms. The molecule has 0 aliphatic carbocycles. The Kier molecular flexibility index (Phi) is 3.52. The fraction of sp³-hybridized carbons (Fsp3) is 0.429. The van der Waals surface area contributed by atoms with Crippen molar-refractivity contribution in [1.29, 1.82) is 0 Å². The van der Waals surface area contributed by atoms with E-state index in [1.54, 1.807) is 6.07 Å². The highest BCUT2D eigenvalue weighted by molar-refractivity contribution is 5.88. The van der Waals surface area contributed by atoms with Gasteiger partial charge in [0.05, 0.1) is 47.9 Å². The Hall–Kier alpha value is -2.12. The van der Waals surface area contributed by atoms with Crippen LogP contribution in [-0.4, -0.2) is 47.0 Å². The predicted octanol–water partition coefficient (Wildman–Crippen LogP) is 0.0913. The van der Waals surface area contributed by atoms with Gasteiger partial charge in [0.2, 0.25) is 0 Å². The number of morpholine rings is 1. The third-order valence-corrected chi connectivity index (χ3v) is 3.81. The van der Waals surface area contributed by atoms with Crippen LogP contribution in [-0.2, 0) is 4.74 Å². The summed E-state index contributed by atoms with van der Waals surface area (Å²) < 4.78 is 5.53. The number of aromatic amines is 1. The van der Waals surface area contributed by atoms with Gasteiger partial charge < -0.3 is 25.5 Å². The number of nitrogens with zero attached hydrogens (tertiary/aromatic N) is 2. The molecule has 112 valence electrons. The molecule has 21 heavy (non-hydrogen) atoms. The second kappa shape index (κ2) is 5.34. The van der Waals surface area contributed by atoms with E-state index in [9.17, 15) is 9.90 Å². The first-order chi connectivity index (χ1) is 10.1. The van der Waals surface area contributed by atoms with E-state index in [4.69, 9.17) is 10.5 Å². The number of nitrogens with two attached hydrogens (primary N) is 1. The summed E-state index contributed by atoms with van der Waals surface area (Å²) in [7, 11) is 0. The van der Waals surface area contributed by atoms with E-state index in [1.807, 2.05) is 13.0 Å². The van der Waals surface area contributed by atoms with Crippen LogP contribution in [0.15, 0.2) is 23.3 Å². The quantitative estimate of drug-likeness (QED) is 0.677. The smallest absolute Gasteiger partial charge is 0.258 e. The average molecular weight is 290 g/mol. The molecule has 1 saturated heterocycles. The minimum Gasteiger partial charge on any atom is -0.397 e. The zero-order chi connectivity index (χ0) is 15.0. The summed E-state index contributed by atoms with van der Waals surface area (Å²) in [6, 6.07) is 3.59. The Bertz CT molecular complexity index is 715. The molecule has 3 rings (SSSR count). The second-order valence-electron chi connectivity index (χ2n) is 5.30. The predicted molar refractivity (Wildman–Crippen MR) is 80.4 cm³/mol. The number of nitrogens with one attached hydrogen (secondary N) is 1. The molecule has 1 aromatic heterocycles. The van der Waals surface area contributed by atoms with Crippen molar-refractivity contribution >= 4 is 22.3 Å². The number of aliphatic hydroxyl groups is 1. The zero-order valence-corrected chi connectivity index (χ0v) is 11.7. The van der Waals surface area contributed by atoms with Crippen molar-refractivity contribution in [2.75, 3.05) is 30.4 Å². The van der Waals surface area contributed by atoms with E-state index in [-0.39, 0.29) is 24.3 Å². The van der Waals surface area contributed by atoms with E-state index in [0.717, 1.165) is 5.69 Å². The lowest BCUT2D eigenvalue weighted by Gasteiger charge is -2.39. The summed E-state index contributed by atoms with van der Waals surface area (Å²) in [4.78, 5) is 20.6. The number of nitrogen functional groups attached to an aromatic ring is 1. The van der Waals surface area contributed by atoms with Gasteiger partial charge in [-0.2, -0.15) is 0 Å². The maximum absolute atomic E-state index is 11.8. The van der Waals surface area contributed by atoms with Crippen molar-refractivity contribution < 1.29 is 9.84 Å². The SMILES string of the molecule is CC1COC(CO)CN1c1cc2nc[nH]c(=O)c2cc1N. The monoisotopic (exact) mass is 290 g/mol. The highest BCUT2D eigenvalue weighted by Crippen LogP contribution is 2.30. The molecule has 1 aliphatic heterocycles. The zero-order valence-electron chi connectivity index (χ0n) is 11.7. The van der Waals surface area contributed by atoms with Crippen molar-refractivity contribution in [3.8, 4) is 0 Å². The topological polar surface area (TPSA) is 104 Å². The van der Waals surface area contributed by atoms with Gasteiger partial charge in [0.25, 0.3) is 5.56 Å². The Morgan fingerprint density at radius 3 is 3.14 bits per heavy atom. The molecule has 2 unspecified atom stereocenters. The van der Waals surface area contributed by atoms with Gasteiger partial charge in [0.1, 0.15) is 0 Å². The van der Waals surface area contributed by atoms with Crippen LogP contribution < -0.4 is 16.2 Å². The van der Waals surface area contributed by atoms with Crippen molar-refractivity contribution in [3.63, 3.8) is 0 Å². The molecule has 0 amide bonds. The molecule has 2 aromatic rings. The normalized spacial score (nSPS) is 22.7. The molecule has 0 bridgehead atoms. The third kappa shape index (κ3) is 2.45. The van der Waals surface area contributed by atoms with Gasteiger partial charge in [-0.15, -0.1) is 0 Å². The Morgan fingerprint density at radius 2 is 2.38 bits per heavy atom. The molecule has 0 spiro atoms. The molecule has 1 aromatic carbocycles. The molecule has 0 radical (unpaired) electrons. The number of aromatic nitrogens is 2. The summed E-state index contributed by atoms with van der Waals surface area (Å²) in [5, 5.41) is 9.75. The van der Waals surface area contributed by atoms with Gasteiger partial charge in [-0.1, -0.05) is 0 Å². The summed E-state index contributed by atoms with van der Waals surface area (Å²) in [5.41, 5.74) is 7.84. The van der Waals surface area contributed by atoms with Crippen molar-refractivity contribution in [2.24, 2.45) is 0 Å². The molecule has 7 nitrogen and oxygen atoms in total. The number of H-pyrrole nitrogens is 1. The first kappa shape index (κ1) is 13.8. The van der Waals surface area contributed by atoms with Crippen molar-refractivity contribution in [2.45, 2.75) is 19.1 Å². The van der Waals surface area contributed by atoms with Crippen LogP contribution in [0.25, 0.3) is 10.9 Å². The van der Waals surface area contributed by atoms with Crippen LogP contribution in [0.3, 0.4) is 0 Å². The van der Waals surface area contributed by atoms with Crippen LogP contribution in [0.1, 0.15) is 6.92 Å². The number of hydrogen-bond acceptors (Lipinski definition) is 6. The van der Waals surface area contributed by atoms with E-state index in [0.29, 0.717) is 29.7 Å². The van der Waals surface area contributed by atoms with Crippen LogP contribution >= 0.6 is 0 Å². The van der Waals surface area contributed by atoms with Gasteiger partial charge in [0.15, 0.2) is 0 Å². The highest BCUT2D eigenvalue weighted by Gasteiger charge is 2.27. The number of ether oxygens (including phenoxy) is 1. The van der Waals surface area contributed by atoms with Crippen LogP contribution in [0.4, 0.5) is 11.4 Å². The van der Waals surface area contributed by atoms with Crippen LogP contribution in [0.5, 0.6) is 0 Å². The maximum atomic E-state index is 11.8. The molecule has 2 atom stereocenters. The van der Waals surface area contributed by atoms with Gasteiger partial charge in [-0.05, 0) is 19.1 Å². The Morgan fingerprint density at radius 1 is 1.57 bits per heavy atom. The first-order valence-electron chi connectivity index (χ1n) is 6.86. The molecule has 1 aliphatic rings. The van der Waals surface area contributed by atoms with Crippen molar-refractivity contribution in [3.05, 3.63) is 28.8 Å². The maximum Gasteiger partial charge on any atom is 0.258 e. The number of benzene rings is 1. The lowest BCUT2D eigenvalue weighted by molar-refractivity contribution is -0.0102. The number of rotatable bonds is 2. The van der Waals surface area contributed by atoms with E-state index in [1.165, 1.54) is 6.33 Å². The summed E-state index contributed by atoms with van der Waals surface area (Å²) in [6.45, 7) is 3.07. The minimum absolute atomic E-state index is 0.0331. The molecule has 4 N–H and O–H groups in total. The van der Waals surface area contributed by atoms with Crippen LogP contribution in [0.2, 0.25) is 0 Å². The number of anilines is 2. The van der Waals surface area contributed by atoms with Gasteiger partial charge in [-0.25, -0.2) is 4.98 Å². The van der Waals surface area contributed by atoms with Gasteiger partial charge in [0, 0.05) is 12.6 Å².